The Morgan fingerprint density at radius 2 is 2.17 bits per heavy atom. The van der Waals surface area contributed by atoms with Crippen molar-refractivity contribution in [1.82, 2.24) is 20.4 Å². The fourth-order valence-electron chi connectivity index (χ4n) is 2.51. The van der Waals surface area contributed by atoms with Crippen molar-refractivity contribution < 1.29 is 19.0 Å². The SMILES string of the molecule is Cc1noc(CN2C(=O)N[C@@](C)(c3cccc([N+](=O)[O-])c3)C2=O)n1. The lowest BCUT2D eigenvalue weighted by Crippen LogP contribution is -2.40. The molecule has 10 heteroatoms. The summed E-state index contributed by atoms with van der Waals surface area (Å²) in [5.74, 6) is -0.0401. The number of aryl methyl sites for hydroxylation is 1. The molecule has 1 fully saturated rings. The van der Waals surface area contributed by atoms with Gasteiger partial charge in [-0.3, -0.25) is 19.8 Å². The lowest BCUT2D eigenvalue weighted by atomic mass is 9.91. The third-order valence-corrected chi connectivity index (χ3v) is 3.77. The second-order valence-electron chi connectivity index (χ2n) is 5.49. The minimum atomic E-state index is -1.40. The van der Waals surface area contributed by atoms with E-state index in [1.54, 1.807) is 13.0 Å². The molecule has 0 radical (unpaired) electrons. The third-order valence-electron chi connectivity index (χ3n) is 3.77. The van der Waals surface area contributed by atoms with Gasteiger partial charge in [-0.25, -0.2) is 4.79 Å². The topological polar surface area (TPSA) is 131 Å². The maximum atomic E-state index is 12.7. The maximum absolute atomic E-state index is 12.7. The number of benzene rings is 1. The molecule has 2 heterocycles. The van der Waals surface area contributed by atoms with Gasteiger partial charge in [0.05, 0.1) is 4.92 Å². The monoisotopic (exact) mass is 331 g/mol. The summed E-state index contributed by atoms with van der Waals surface area (Å²) < 4.78 is 4.92. The first-order valence-corrected chi connectivity index (χ1v) is 6.99. The van der Waals surface area contributed by atoms with Crippen LogP contribution in [0.1, 0.15) is 24.2 Å². The van der Waals surface area contributed by atoms with Gasteiger partial charge in [-0.15, -0.1) is 0 Å². The molecule has 0 bridgehead atoms. The number of carbonyl (C=O) groups is 2. The third kappa shape index (κ3) is 2.47. The molecule has 10 nitrogen and oxygen atoms in total. The van der Waals surface area contributed by atoms with Gasteiger partial charge in [0.2, 0.25) is 5.89 Å². The Hall–Kier alpha value is -3.30. The number of hydrogen-bond acceptors (Lipinski definition) is 7. The largest absolute Gasteiger partial charge is 0.337 e. The summed E-state index contributed by atoms with van der Waals surface area (Å²) in [6.07, 6.45) is 0. The molecule has 0 spiro atoms. The van der Waals surface area contributed by atoms with Crippen LogP contribution in [0, 0.1) is 17.0 Å². The average molecular weight is 331 g/mol. The maximum Gasteiger partial charge on any atom is 0.325 e. The van der Waals surface area contributed by atoms with E-state index in [0.29, 0.717) is 11.4 Å². The molecule has 1 aromatic heterocycles. The van der Waals surface area contributed by atoms with Gasteiger partial charge in [0.1, 0.15) is 12.1 Å². The van der Waals surface area contributed by atoms with Crippen molar-refractivity contribution in [3.63, 3.8) is 0 Å². The Labute approximate surface area is 135 Å². The number of carbonyl (C=O) groups excluding carboxylic acids is 2. The van der Waals surface area contributed by atoms with Gasteiger partial charge in [0, 0.05) is 12.1 Å². The van der Waals surface area contributed by atoms with Crippen molar-refractivity contribution in [2.45, 2.75) is 25.9 Å². The number of nitro groups is 1. The van der Waals surface area contributed by atoms with E-state index in [4.69, 9.17) is 4.52 Å². The van der Waals surface area contributed by atoms with Crippen LogP contribution in [-0.2, 0) is 16.9 Å². The Morgan fingerprint density at radius 1 is 1.42 bits per heavy atom. The number of nitro benzene ring substituents is 1. The van der Waals surface area contributed by atoms with Crippen LogP contribution in [0.2, 0.25) is 0 Å². The quantitative estimate of drug-likeness (QED) is 0.506. The number of non-ortho nitro benzene ring substituents is 1. The van der Waals surface area contributed by atoms with E-state index < -0.39 is 22.4 Å². The predicted octanol–water partition coefficient (Wildman–Crippen LogP) is 1.25. The fourth-order valence-corrected chi connectivity index (χ4v) is 2.51. The fraction of sp³-hybridized carbons (Fsp3) is 0.286. The summed E-state index contributed by atoms with van der Waals surface area (Å²) in [5.41, 5.74) is -1.25. The molecule has 1 aliphatic rings. The Kier molecular flexibility index (Phi) is 3.51. The standard InChI is InChI=1S/C14H13N5O5/c1-8-15-11(24-17-8)7-18-12(20)14(2,16-13(18)21)9-4-3-5-10(6-9)19(22)23/h3-6H,7H2,1-2H3,(H,16,21)/t14-/m0/s1. The highest BCUT2D eigenvalue weighted by atomic mass is 16.6. The van der Waals surface area contributed by atoms with E-state index in [0.717, 1.165) is 4.90 Å². The number of aromatic nitrogens is 2. The molecular formula is C14H13N5O5. The molecule has 3 rings (SSSR count). The van der Waals surface area contributed by atoms with Crippen molar-refractivity contribution in [2.75, 3.05) is 0 Å². The molecule has 0 unspecified atom stereocenters. The van der Waals surface area contributed by atoms with Crippen molar-refractivity contribution in [3.05, 3.63) is 51.7 Å². The van der Waals surface area contributed by atoms with E-state index >= 15 is 0 Å². The minimum absolute atomic E-state index is 0.124. The van der Waals surface area contributed by atoms with E-state index in [1.807, 2.05) is 0 Å². The van der Waals surface area contributed by atoms with Gasteiger partial charge in [-0.05, 0) is 19.4 Å². The smallest absolute Gasteiger partial charge is 0.325 e. The number of nitrogens with zero attached hydrogens (tertiary/aromatic N) is 4. The summed E-state index contributed by atoms with van der Waals surface area (Å²) >= 11 is 0. The molecule has 1 aromatic carbocycles. The normalized spacial score (nSPS) is 20.3. The molecular weight excluding hydrogens is 318 g/mol. The van der Waals surface area contributed by atoms with Crippen LogP contribution in [0.25, 0.3) is 0 Å². The van der Waals surface area contributed by atoms with Crippen molar-refractivity contribution in [3.8, 4) is 0 Å². The van der Waals surface area contributed by atoms with Gasteiger partial charge in [-0.1, -0.05) is 17.3 Å². The molecule has 0 saturated carbocycles. The summed E-state index contributed by atoms with van der Waals surface area (Å²) in [5, 5.41) is 17.1. The number of imide groups is 1. The highest BCUT2D eigenvalue weighted by Crippen LogP contribution is 2.31. The van der Waals surface area contributed by atoms with Crippen LogP contribution in [-0.4, -0.2) is 31.9 Å². The molecule has 3 amide bonds. The first-order valence-electron chi connectivity index (χ1n) is 6.99. The zero-order valence-corrected chi connectivity index (χ0v) is 12.8. The summed E-state index contributed by atoms with van der Waals surface area (Å²) in [6.45, 7) is 2.94. The van der Waals surface area contributed by atoms with E-state index in [2.05, 4.69) is 15.5 Å². The van der Waals surface area contributed by atoms with Crippen LogP contribution in [0.4, 0.5) is 10.5 Å². The van der Waals surface area contributed by atoms with Crippen LogP contribution in [0.3, 0.4) is 0 Å². The van der Waals surface area contributed by atoms with Gasteiger partial charge >= 0.3 is 6.03 Å². The van der Waals surface area contributed by atoms with Crippen LogP contribution in [0.5, 0.6) is 0 Å². The number of rotatable bonds is 4. The number of urea groups is 1. The van der Waals surface area contributed by atoms with Crippen LogP contribution in [0.15, 0.2) is 28.8 Å². The van der Waals surface area contributed by atoms with E-state index in [9.17, 15) is 19.7 Å². The number of amides is 3. The van der Waals surface area contributed by atoms with Crippen LogP contribution >= 0.6 is 0 Å². The van der Waals surface area contributed by atoms with Crippen molar-refractivity contribution in [2.24, 2.45) is 0 Å². The molecule has 124 valence electrons. The molecule has 2 aromatic rings. The van der Waals surface area contributed by atoms with Crippen molar-refractivity contribution >= 4 is 17.6 Å². The molecule has 1 atom stereocenters. The molecule has 1 saturated heterocycles. The molecule has 1 N–H and O–H groups in total. The molecule has 0 aliphatic carbocycles. The van der Waals surface area contributed by atoms with Gasteiger partial charge in [0.15, 0.2) is 5.82 Å². The lowest BCUT2D eigenvalue weighted by molar-refractivity contribution is -0.385. The van der Waals surface area contributed by atoms with Gasteiger partial charge in [-0.2, -0.15) is 4.98 Å². The first-order chi connectivity index (χ1) is 11.3. The lowest BCUT2D eigenvalue weighted by Gasteiger charge is -2.21. The summed E-state index contributed by atoms with van der Waals surface area (Å²) in [7, 11) is 0. The Bertz CT molecular complexity index is 848. The Morgan fingerprint density at radius 3 is 2.79 bits per heavy atom. The zero-order chi connectivity index (χ0) is 17.5. The minimum Gasteiger partial charge on any atom is -0.337 e. The molecule has 1 aliphatic heterocycles. The summed E-state index contributed by atoms with van der Waals surface area (Å²) in [4.78, 5) is 40.1. The highest BCUT2D eigenvalue weighted by molar-refractivity contribution is 6.07. The van der Waals surface area contributed by atoms with Crippen LogP contribution < -0.4 is 5.32 Å². The number of nitrogens with one attached hydrogen (secondary N) is 1. The second kappa shape index (κ2) is 5.41. The second-order valence-corrected chi connectivity index (χ2v) is 5.49. The zero-order valence-electron chi connectivity index (χ0n) is 12.8. The first kappa shape index (κ1) is 15.6. The Balaban J connectivity index is 1.92. The van der Waals surface area contributed by atoms with Gasteiger partial charge in [0.25, 0.3) is 11.6 Å². The van der Waals surface area contributed by atoms with E-state index in [-0.39, 0.29) is 18.1 Å². The molecule has 24 heavy (non-hydrogen) atoms. The summed E-state index contributed by atoms with van der Waals surface area (Å²) in [6, 6.07) is 4.95. The van der Waals surface area contributed by atoms with Gasteiger partial charge < -0.3 is 9.84 Å². The highest BCUT2D eigenvalue weighted by Gasteiger charge is 2.49. The predicted molar refractivity (Wildman–Crippen MR) is 78.6 cm³/mol. The van der Waals surface area contributed by atoms with Crippen molar-refractivity contribution in [1.29, 1.82) is 0 Å². The number of hydrogen-bond donors (Lipinski definition) is 1. The van der Waals surface area contributed by atoms with E-state index in [1.165, 1.54) is 25.1 Å². The average Bonchev–Trinajstić information content (AvgIpc) is 3.05.